The summed E-state index contributed by atoms with van der Waals surface area (Å²) in [6, 6.07) is 14.5. The van der Waals surface area contributed by atoms with Crippen LogP contribution in [-0.2, 0) is 10.0 Å². The van der Waals surface area contributed by atoms with Crippen molar-refractivity contribution in [2.75, 3.05) is 47.9 Å². The van der Waals surface area contributed by atoms with E-state index in [-0.39, 0.29) is 0 Å². The molecule has 2 heterocycles. The molecule has 1 aliphatic heterocycles. The van der Waals surface area contributed by atoms with Crippen molar-refractivity contribution in [2.45, 2.75) is 19.3 Å². The molecule has 3 N–H and O–H groups in total. The maximum absolute atomic E-state index is 11.7. The van der Waals surface area contributed by atoms with Gasteiger partial charge in [-0.1, -0.05) is 36.2 Å². The molecule has 35 heavy (non-hydrogen) atoms. The average molecular weight is 517 g/mol. The number of hydrogen-bond donors (Lipinski definition) is 3. The first-order valence-electron chi connectivity index (χ1n) is 11.4. The molecule has 9 nitrogen and oxygen atoms in total. The van der Waals surface area contributed by atoms with E-state index in [0.29, 0.717) is 34.8 Å². The van der Waals surface area contributed by atoms with Gasteiger partial charge >= 0.3 is 0 Å². The Labute approximate surface area is 210 Å². The molecule has 4 rings (SSSR count). The SMILES string of the molecule is CS(=O)(=O)Nc1ccccc1Nc1nc(Nc2cccc(OCCN3CCCCC3)c2)ncc1Cl. The van der Waals surface area contributed by atoms with Gasteiger partial charge in [0.2, 0.25) is 16.0 Å². The third-order valence-electron chi connectivity index (χ3n) is 5.43. The molecule has 0 atom stereocenters. The molecule has 1 fully saturated rings. The normalized spacial score (nSPS) is 14.3. The van der Waals surface area contributed by atoms with Crippen LogP contribution < -0.4 is 20.1 Å². The predicted molar refractivity (Wildman–Crippen MR) is 141 cm³/mol. The molecule has 186 valence electrons. The fraction of sp³-hybridized carbons (Fsp3) is 0.333. The highest BCUT2D eigenvalue weighted by molar-refractivity contribution is 7.92. The summed E-state index contributed by atoms with van der Waals surface area (Å²) in [4.78, 5) is 11.2. The van der Waals surface area contributed by atoms with Gasteiger partial charge in [-0.2, -0.15) is 4.98 Å². The highest BCUT2D eigenvalue weighted by Gasteiger charge is 2.12. The zero-order valence-corrected chi connectivity index (χ0v) is 21.1. The lowest BCUT2D eigenvalue weighted by Crippen LogP contribution is -2.33. The van der Waals surface area contributed by atoms with Crippen LogP contribution in [0.2, 0.25) is 5.02 Å². The van der Waals surface area contributed by atoms with Crippen molar-refractivity contribution >= 4 is 50.5 Å². The van der Waals surface area contributed by atoms with Gasteiger partial charge in [-0.25, -0.2) is 13.4 Å². The standard InChI is InChI=1S/C24H29ClN6O3S/c1-35(32,33)30-22-11-4-3-10-21(22)28-23-20(25)17-26-24(29-23)27-18-8-7-9-19(16-18)34-15-14-31-12-5-2-6-13-31/h3-4,7-11,16-17,30H,2,5-6,12-15H2,1H3,(H2,26,27,28,29). The zero-order valence-electron chi connectivity index (χ0n) is 19.5. The molecule has 11 heteroatoms. The number of nitrogens with zero attached hydrogens (tertiary/aromatic N) is 3. The van der Waals surface area contributed by atoms with Gasteiger partial charge in [0.1, 0.15) is 17.4 Å². The Morgan fingerprint density at radius 2 is 1.80 bits per heavy atom. The second-order valence-electron chi connectivity index (χ2n) is 8.34. The minimum absolute atomic E-state index is 0.291. The van der Waals surface area contributed by atoms with Crippen LogP contribution in [0.15, 0.2) is 54.7 Å². The smallest absolute Gasteiger partial charge is 0.229 e. The van der Waals surface area contributed by atoms with Gasteiger partial charge in [-0.05, 0) is 50.2 Å². The third kappa shape index (κ3) is 7.71. The van der Waals surface area contributed by atoms with Gasteiger partial charge < -0.3 is 15.4 Å². The molecule has 0 amide bonds. The number of anilines is 5. The highest BCUT2D eigenvalue weighted by atomic mass is 35.5. The van der Waals surface area contributed by atoms with Gasteiger partial charge in [0, 0.05) is 18.3 Å². The van der Waals surface area contributed by atoms with E-state index in [1.54, 1.807) is 24.3 Å². The molecule has 1 aromatic heterocycles. The largest absolute Gasteiger partial charge is 0.492 e. The summed E-state index contributed by atoms with van der Waals surface area (Å²) in [7, 11) is -3.45. The molecule has 3 aromatic rings. The highest BCUT2D eigenvalue weighted by Crippen LogP contribution is 2.30. The van der Waals surface area contributed by atoms with E-state index in [4.69, 9.17) is 16.3 Å². The third-order valence-corrected chi connectivity index (χ3v) is 6.30. The van der Waals surface area contributed by atoms with Gasteiger partial charge in [-0.15, -0.1) is 0 Å². The summed E-state index contributed by atoms with van der Waals surface area (Å²) in [5.41, 5.74) is 1.66. The molecule has 0 radical (unpaired) electrons. The van der Waals surface area contributed by atoms with Crippen molar-refractivity contribution in [1.82, 2.24) is 14.9 Å². The molecule has 0 aliphatic carbocycles. The number of para-hydroxylation sites is 2. The van der Waals surface area contributed by atoms with Crippen LogP contribution in [0.4, 0.5) is 28.8 Å². The van der Waals surface area contributed by atoms with Gasteiger partial charge in [0.05, 0.1) is 23.8 Å². The summed E-state index contributed by atoms with van der Waals surface area (Å²) in [6.07, 6.45) is 6.41. The van der Waals surface area contributed by atoms with Crippen molar-refractivity contribution in [3.8, 4) is 5.75 Å². The van der Waals surface area contributed by atoms with E-state index in [1.807, 2.05) is 24.3 Å². The first-order valence-corrected chi connectivity index (χ1v) is 13.7. The first-order chi connectivity index (χ1) is 16.9. The van der Waals surface area contributed by atoms with Crippen molar-refractivity contribution in [3.63, 3.8) is 0 Å². The Morgan fingerprint density at radius 1 is 1.03 bits per heavy atom. The second-order valence-corrected chi connectivity index (χ2v) is 10.5. The van der Waals surface area contributed by atoms with Gasteiger partial charge in [-0.3, -0.25) is 9.62 Å². The number of nitrogens with one attached hydrogen (secondary N) is 3. The van der Waals surface area contributed by atoms with Crippen LogP contribution in [0.5, 0.6) is 5.75 Å². The number of piperidine rings is 1. The second kappa shape index (κ2) is 11.6. The van der Waals surface area contributed by atoms with Crippen LogP contribution in [0.1, 0.15) is 19.3 Å². The topological polar surface area (TPSA) is 108 Å². The van der Waals surface area contributed by atoms with Crippen LogP contribution in [0, 0.1) is 0 Å². The average Bonchev–Trinajstić information content (AvgIpc) is 2.82. The quantitative estimate of drug-likeness (QED) is 0.351. The van der Waals surface area contributed by atoms with E-state index in [2.05, 4.69) is 30.2 Å². The number of rotatable bonds is 10. The van der Waals surface area contributed by atoms with Crippen molar-refractivity contribution in [1.29, 1.82) is 0 Å². The first kappa shape index (κ1) is 25.0. The Kier molecular flexibility index (Phi) is 8.27. The number of aromatic nitrogens is 2. The fourth-order valence-corrected chi connectivity index (χ4v) is 4.51. The minimum Gasteiger partial charge on any atom is -0.492 e. The molecule has 0 saturated carbocycles. The van der Waals surface area contributed by atoms with Crippen LogP contribution >= 0.6 is 11.6 Å². The number of sulfonamides is 1. The number of likely N-dealkylation sites (tertiary alicyclic amines) is 1. The van der Waals surface area contributed by atoms with E-state index < -0.39 is 10.0 Å². The molecular formula is C24H29ClN6O3S. The maximum atomic E-state index is 11.7. The molecule has 2 aromatic carbocycles. The van der Waals surface area contributed by atoms with E-state index in [1.165, 1.54) is 25.5 Å². The van der Waals surface area contributed by atoms with E-state index in [9.17, 15) is 8.42 Å². The van der Waals surface area contributed by atoms with Crippen LogP contribution in [0.3, 0.4) is 0 Å². The Morgan fingerprint density at radius 3 is 2.57 bits per heavy atom. The van der Waals surface area contributed by atoms with E-state index in [0.717, 1.165) is 37.3 Å². The number of ether oxygens (including phenoxy) is 1. The predicted octanol–water partition coefficient (Wildman–Crippen LogP) is 4.85. The Bertz CT molecular complexity index is 1250. The molecule has 1 saturated heterocycles. The summed E-state index contributed by atoms with van der Waals surface area (Å²) in [5.74, 6) is 1.43. The summed E-state index contributed by atoms with van der Waals surface area (Å²) in [6.45, 7) is 3.84. The molecule has 0 spiro atoms. The van der Waals surface area contributed by atoms with Crippen molar-refractivity contribution in [3.05, 3.63) is 59.8 Å². The monoisotopic (exact) mass is 516 g/mol. The minimum atomic E-state index is -3.45. The van der Waals surface area contributed by atoms with E-state index >= 15 is 0 Å². The number of benzene rings is 2. The van der Waals surface area contributed by atoms with Crippen LogP contribution in [-0.4, -0.2) is 55.8 Å². The van der Waals surface area contributed by atoms with Gasteiger partial charge in [0.15, 0.2) is 5.82 Å². The van der Waals surface area contributed by atoms with Crippen molar-refractivity contribution < 1.29 is 13.2 Å². The Balaban J connectivity index is 1.42. The number of halogens is 1. The van der Waals surface area contributed by atoms with Crippen LogP contribution in [0.25, 0.3) is 0 Å². The van der Waals surface area contributed by atoms with Crippen molar-refractivity contribution in [2.24, 2.45) is 0 Å². The summed E-state index contributed by atoms with van der Waals surface area (Å²) >= 11 is 6.30. The summed E-state index contributed by atoms with van der Waals surface area (Å²) < 4.78 is 31.8. The molecular weight excluding hydrogens is 488 g/mol. The lowest BCUT2D eigenvalue weighted by atomic mass is 10.1. The lowest BCUT2D eigenvalue weighted by molar-refractivity contribution is 0.183. The molecule has 0 bridgehead atoms. The zero-order chi connectivity index (χ0) is 24.7. The van der Waals surface area contributed by atoms with Gasteiger partial charge in [0.25, 0.3) is 0 Å². The molecule has 1 aliphatic rings. The number of hydrogen-bond acceptors (Lipinski definition) is 8. The fourth-order valence-electron chi connectivity index (χ4n) is 3.79. The maximum Gasteiger partial charge on any atom is 0.229 e. The Hall–Kier alpha value is -3.08. The summed E-state index contributed by atoms with van der Waals surface area (Å²) in [5, 5.41) is 6.54. The molecule has 0 unspecified atom stereocenters. The lowest BCUT2D eigenvalue weighted by Gasteiger charge is -2.26.